The van der Waals surface area contributed by atoms with E-state index in [4.69, 9.17) is 14.6 Å². The summed E-state index contributed by atoms with van der Waals surface area (Å²) in [5.41, 5.74) is 6.11. The zero-order chi connectivity index (χ0) is 24.1. The summed E-state index contributed by atoms with van der Waals surface area (Å²) in [5.74, 6) is -0.378. The molecule has 4 nitrogen and oxygen atoms in total. The van der Waals surface area contributed by atoms with Crippen LogP contribution in [0, 0.1) is 5.82 Å². The molecule has 1 aliphatic carbocycles. The lowest BCUT2D eigenvalue weighted by molar-refractivity contribution is -0.137. The van der Waals surface area contributed by atoms with Crippen molar-refractivity contribution in [2.45, 2.75) is 57.7 Å². The first-order chi connectivity index (χ1) is 16.4. The number of carboxylic acids is 1. The van der Waals surface area contributed by atoms with Gasteiger partial charge in [-0.3, -0.25) is 4.79 Å². The van der Waals surface area contributed by atoms with Crippen molar-refractivity contribution in [3.8, 4) is 16.9 Å². The van der Waals surface area contributed by atoms with Gasteiger partial charge in [0, 0.05) is 13.5 Å². The number of ether oxygens (including phenoxy) is 2. The molecule has 1 unspecified atom stereocenters. The third-order valence-corrected chi connectivity index (χ3v) is 6.78. The lowest BCUT2D eigenvalue weighted by Crippen LogP contribution is -2.29. The number of aryl methyl sites for hydroxylation is 2. The number of benzene rings is 3. The van der Waals surface area contributed by atoms with Gasteiger partial charge in [0.1, 0.15) is 18.2 Å². The van der Waals surface area contributed by atoms with Gasteiger partial charge in [-0.25, -0.2) is 4.39 Å². The predicted octanol–water partition coefficient (Wildman–Crippen LogP) is 6.68. The second-order valence-electron chi connectivity index (χ2n) is 9.14. The lowest BCUT2D eigenvalue weighted by atomic mass is 9.79. The number of hydrogen-bond acceptors (Lipinski definition) is 3. The van der Waals surface area contributed by atoms with Crippen molar-refractivity contribution < 1.29 is 23.8 Å². The Morgan fingerprint density at radius 3 is 2.62 bits per heavy atom. The molecular formula is C29H31FO4. The van der Waals surface area contributed by atoms with Crippen LogP contribution < -0.4 is 4.74 Å². The Morgan fingerprint density at radius 2 is 1.88 bits per heavy atom. The van der Waals surface area contributed by atoms with E-state index in [2.05, 4.69) is 25.1 Å². The molecule has 5 heteroatoms. The van der Waals surface area contributed by atoms with E-state index in [0.717, 1.165) is 41.5 Å². The number of carboxylic acid groups (broad SMARTS) is 1. The average molecular weight is 463 g/mol. The highest BCUT2D eigenvalue weighted by atomic mass is 19.1. The van der Waals surface area contributed by atoms with Crippen LogP contribution in [0.2, 0.25) is 0 Å². The van der Waals surface area contributed by atoms with Gasteiger partial charge in [-0.2, -0.15) is 0 Å². The summed E-state index contributed by atoms with van der Waals surface area (Å²) in [4.78, 5) is 10.7. The first-order valence-electron chi connectivity index (χ1n) is 11.8. The fraction of sp³-hybridized carbons (Fsp3) is 0.345. The topological polar surface area (TPSA) is 55.8 Å². The summed E-state index contributed by atoms with van der Waals surface area (Å²) >= 11 is 0. The van der Waals surface area contributed by atoms with E-state index in [1.807, 2.05) is 30.3 Å². The van der Waals surface area contributed by atoms with Crippen LogP contribution in [-0.2, 0) is 34.6 Å². The second kappa shape index (κ2) is 10.4. The number of carbonyl (C=O) groups is 1. The summed E-state index contributed by atoms with van der Waals surface area (Å²) in [6.07, 6.45) is 4.56. The zero-order valence-electron chi connectivity index (χ0n) is 19.8. The molecule has 0 aliphatic heterocycles. The van der Waals surface area contributed by atoms with Crippen molar-refractivity contribution in [2.75, 3.05) is 7.11 Å². The molecular weight excluding hydrogens is 431 g/mol. The van der Waals surface area contributed by atoms with Crippen LogP contribution >= 0.6 is 0 Å². The van der Waals surface area contributed by atoms with Gasteiger partial charge in [-0.1, -0.05) is 36.4 Å². The first-order valence-corrected chi connectivity index (χ1v) is 11.8. The Hall–Kier alpha value is -3.18. The van der Waals surface area contributed by atoms with Crippen LogP contribution in [0.15, 0.2) is 60.7 Å². The lowest BCUT2D eigenvalue weighted by Gasteiger charge is -2.35. The second-order valence-corrected chi connectivity index (χ2v) is 9.14. The van der Waals surface area contributed by atoms with Gasteiger partial charge in [-0.15, -0.1) is 0 Å². The largest absolute Gasteiger partial charge is 0.489 e. The maximum Gasteiger partial charge on any atom is 0.303 e. The molecule has 0 saturated heterocycles. The van der Waals surface area contributed by atoms with Crippen LogP contribution in [0.4, 0.5) is 4.39 Å². The van der Waals surface area contributed by atoms with Crippen LogP contribution in [0.25, 0.3) is 11.1 Å². The minimum atomic E-state index is -0.780. The molecule has 0 bridgehead atoms. The molecule has 0 heterocycles. The number of halogens is 1. The molecule has 1 N–H and O–H groups in total. The van der Waals surface area contributed by atoms with Crippen molar-refractivity contribution in [3.63, 3.8) is 0 Å². The maximum absolute atomic E-state index is 14.1. The molecule has 178 valence electrons. The average Bonchev–Trinajstić information content (AvgIpc) is 2.83. The summed E-state index contributed by atoms with van der Waals surface area (Å²) < 4.78 is 25.9. The normalized spacial score (nSPS) is 17.3. The van der Waals surface area contributed by atoms with Crippen molar-refractivity contribution in [2.24, 2.45) is 0 Å². The Balaban J connectivity index is 1.51. The smallest absolute Gasteiger partial charge is 0.303 e. The van der Waals surface area contributed by atoms with E-state index in [1.165, 1.54) is 23.3 Å². The molecule has 0 fully saturated rings. The SMILES string of the molecule is COC1(C)CCCc2cc(-c3ccc(F)cc3COc3ccc(CCCC(=O)O)cc3)ccc21. The van der Waals surface area contributed by atoms with Gasteiger partial charge in [0.2, 0.25) is 0 Å². The minimum Gasteiger partial charge on any atom is -0.489 e. The Labute approximate surface area is 200 Å². The summed E-state index contributed by atoms with van der Waals surface area (Å²) in [6.45, 7) is 2.39. The Kier molecular flexibility index (Phi) is 7.32. The standard InChI is InChI=1S/C29H31FO4/c1-29(33-2)16-4-6-22-17-21(10-15-27(22)29)26-14-11-24(30)18-23(26)19-34-25-12-8-20(9-13-25)5-3-7-28(31)32/h8-15,17-18H,3-7,16,19H2,1-2H3,(H,31,32). The van der Waals surface area contributed by atoms with Crippen LogP contribution in [0.5, 0.6) is 5.75 Å². The van der Waals surface area contributed by atoms with Gasteiger partial charge < -0.3 is 14.6 Å². The molecule has 1 atom stereocenters. The van der Waals surface area contributed by atoms with E-state index in [1.54, 1.807) is 7.11 Å². The summed E-state index contributed by atoms with van der Waals surface area (Å²) in [6, 6.07) is 18.9. The monoisotopic (exact) mass is 462 g/mol. The Bertz CT molecular complexity index is 1160. The van der Waals surface area contributed by atoms with Gasteiger partial charge in [0.05, 0.1) is 5.60 Å². The van der Waals surface area contributed by atoms with Gasteiger partial charge in [0.25, 0.3) is 0 Å². The van der Waals surface area contributed by atoms with Crippen molar-refractivity contribution in [1.29, 1.82) is 0 Å². The third kappa shape index (κ3) is 5.48. The highest BCUT2D eigenvalue weighted by Crippen LogP contribution is 2.39. The van der Waals surface area contributed by atoms with E-state index >= 15 is 0 Å². The van der Waals surface area contributed by atoms with Gasteiger partial charge in [0.15, 0.2) is 0 Å². The van der Waals surface area contributed by atoms with Crippen molar-refractivity contribution in [3.05, 3.63) is 88.7 Å². The number of fused-ring (bicyclic) bond motifs is 1. The first kappa shape index (κ1) is 24.0. The van der Waals surface area contributed by atoms with Crippen LogP contribution in [0.3, 0.4) is 0 Å². The molecule has 0 saturated carbocycles. The molecule has 1 aliphatic rings. The molecule has 34 heavy (non-hydrogen) atoms. The number of hydrogen-bond donors (Lipinski definition) is 1. The van der Waals surface area contributed by atoms with E-state index in [0.29, 0.717) is 18.6 Å². The van der Waals surface area contributed by atoms with Gasteiger partial charge >= 0.3 is 5.97 Å². The zero-order valence-corrected chi connectivity index (χ0v) is 19.8. The molecule has 4 rings (SSSR count). The number of aliphatic carboxylic acids is 1. The fourth-order valence-corrected chi connectivity index (χ4v) is 4.77. The van der Waals surface area contributed by atoms with E-state index < -0.39 is 5.97 Å². The number of methoxy groups -OCH3 is 1. The summed E-state index contributed by atoms with van der Waals surface area (Å²) in [7, 11) is 1.76. The minimum absolute atomic E-state index is 0.161. The Morgan fingerprint density at radius 1 is 1.09 bits per heavy atom. The third-order valence-electron chi connectivity index (χ3n) is 6.78. The highest BCUT2D eigenvalue weighted by molar-refractivity contribution is 5.69. The molecule has 0 radical (unpaired) electrons. The highest BCUT2D eigenvalue weighted by Gasteiger charge is 2.31. The molecule has 3 aromatic rings. The molecule has 0 amide bonds. The van der Waals surface area contributed by atoms with Crippen molar-refractivity contribution >= 4 is 5.97 Å². The molecule has 0 spiro atoms. The maximum atomic E-state index is 14.1. The van der Waals surface area contributed by atoms with Gasteiger partial charge in [-0.05, 0) is 96.7 Å². The van der Waals surface area contributed by atoms with Crippen LogP contribution in [0.1, 0.15) is 54.9 Å². The van der Waals surface area contributed by atoms with Crippen molar-refractivity contribution in [1.82, 2.24) is 0 Å². The molecule has 0 aromatic heterocycles. The molecule has 3 aromatic carbocycles. The predicted molar refractivity (Wildman–Crippen MR) is 130 cm³/mol. The summed E-state index contributed by atoms with van der Waals surface area (Å²) in [5, 5.41) is 8.78. The quantitative estimate of drug-likeness (QED) is 0.385. The number of rotatable bonds is 9. The van der Waals surface area contributed by atoms with Crippen LogP contribution in [-0.4, -0.2) is 18.2 Å². The van der Waals surface area contributed by atoms with E-state index in [-0.39, 0.29) is 24.4 Å². The fourth-order valence-electron chi connectivity index (χ4n) is 4.77. The van der Waals surface area contributed by atoms with E-state index in [9.17, 15) is 9.18 Å².